The van der Waals surface area contributed by atoms with Crippen molar-refractivity contribution in [2.75, 3.05) is 17.8 Å². The van der Waals surface area contributed by atoms with Crippen LogP contribution in [0, 0.1) is 0 Å². The summed E-state index contributed by atoms with van der Waals surface area (Å²) in [5, 5.41) is 5.86. The van der Waals surface area contributed by atoms with Crippen molar-refractivity contribution >= 4 is 34.0 Å². The summed E-state index contributed by atoms with van der Waals surface area (Å²) < 4.78 is 5.06. The minimum Gasteiger partial charge on any atom is -0.449 e. The first-order chi connectivity index (χ1) is 8.97. The van der Waals surface area contributed by atoms with E-state index in [4.69, 9.17) is 16.3 Å². The molecular formula is C14H22ClNO2S. The molecule has 0 aromatic carbocycles. The van der Waals surface area contributed by atoms with Crippen LogP contribution in [-0.2, 0) is 4.74 Å². The predicted molar refractivity (Wildman–Crippen MR) is 82.8 cm³/mol. The van der Waals surface area contributed by atoms with E-state index in [-0.39, 0.29) is 0 Å². The Labute approximate surface area is 124 Å². The largest absolute Gasteiger partial charge is 0.449 e. The van der Waals surface area contributed by atoms with Crippen LogP contribution in [0.5, 0.6) is 0 Å². The number of thiophene rings is 1. The fourth-order valence-corrected chi connectivity index (χ4v) is 3.24. The summed E-state index contributed by atoms with van der Waals surface area (Å²) >= 11 is 7.10. The number of amides is 1. The SMILES string of the molecule is CC(C)c1csc(NC(=O)OCCCCl)c1C(C)C. The van der Waals surface area contributed by atoms with Gasteiger partial charge in [-0.3, -0.25) is 5.32 Å². The second kappa shape index (κ2) is 7.75. The van der Waals surface area contributed by atoms with Crippen LogP contribution in [0.2, 0.25) is 0 Å². The lowest BCUT2D eigenvalue weighted by Crippen LogP contribution is -2.15. The minimum absolute atomic E-state index is 0.356. The van der Waals surface area contributed by atoms with E-state index in [9.17, 15) is 4.79 Å². The van der Waals surface area contributed by atoms with Gasteiger partial charge in [0, 0.05) is 5.88 Å². The van der Waals surface area contributed by atoms with Gasteiger partial charge in [0.1, 0.15) is 5.00 Å². The highest BCUT2D eigenvalue weighted by Gasteiger charge is 2.18. The smallest absolute Gasteiger partial charge is 0.412 e. The van der Waals surface area contributed by atoms with E-state index in [0.717, 1.165) is 5.00 Å². The Bertz CT molecular complexity index is 416. The highest BCUT2D eigenvalue weighted by Crippen LogP contribution is 2.37. The van der Waals surface area contributed by atoms with Crippen LogP contribution >= 0.6 is 22.9 Å². The molecule has 1 amide bonds. The van der Waals surface area contributed by atoms with Crippen molar-refractivity contribution < 1.29 is 9.53 Å². The van der Waals surface area contributed by atoms with Crippen molar-refractivity contribution in [2.24, 2.45) is 0 Å². The monoisotopic (exact) mass is 303 g/mol. The van der Waals surface area contributed by atoms with Crippen molar-refractivity contribution in [1.82, 2.24) is 0 Å². The molecule has 19 heavy (non-hydrogen) atoms. The molecular weight excluding hydrogens is 282 g/mol. The van der Waals surface area contributed by atoms with Gasteiger partial charge in [0.25, 0.3) is 0 Å². The molecule has 1 aromatic heterocycles. The predicted octanol–water partition coefficient (Wildman–Crippen LogP) is 5.17. The lowest BCUT2D eigenvalue weighted by molar-refractivity contribution is 0.162. The van der Waals surface area contributed by atoms with Gasteiger partial charge in [0.15, 0.2) is 0 Å². The molecule has 0 saturated carbocycles. The minimum atomic E-state index is -0.399. The number of rotatable bonds is 6. The lowest BCUT2D eigenvalue weighted by Gasteiger charge is -2.14. The Morgan fingerprint density at radius 2 is 2.05 bits per heavy atom. The summed E-state index contributed by atoms with van der Waals surface area (Å²) in [6.07, 6.45) is 0.275. The molecule has 0 unspecified atom stereocenters. The quantitative estimate of drug-likeness (QED) is 0.581. The zero-order valence-electron chi connectivity index (χ0n) is 12.0. The van der Waals surface area contributed by atoms with Crippen LogP contribution in [-0.4, -0.2) is 18.6 Å². The molecule has 0 spiro atoms. The van der Waals surface area contributed by atoms with Crippen LogP contribution < -0.4 is 5.32 Å². The van der Waals surface area contributed by atoms with Gasteiger partial charge in [-0.25, -0.2) is 4.79 Å². The number of halogens is 1. The average Bonchev–Trinajstić information content (AvgIpc) is 2.73. The molecule has 0 saturated heterocycles. The van der Waals surface area contributed by atoms with Gasteiger partial charge in [-0.05, 0) is 34.8 Å². The maximum absolute atomic E-state index is 11.7. The third-order valence-corrected chi connectivity index (χ3v) is 3.98. The number of carbonyl (C=O) groups excluding carboxylic acids is 1. The number of ether oxygens (including phenoxy) is 1. The Balaban J connectivity index is 2.75. The maximum Gasteiger partial charge on any atom is 0.412 e. The van der Waals surface area contributed by atoms with Gasteiger partial charge >= 0.3 is 6.09 Å². The Morgan fingerprint density at radius 1 is 1.37 bits per heavy atom. The molecule has 0 aliphatic rings. The number of alkyl halides is 1. The second-order valence-electron chi connectivity index (χ2n) is 5.05. The van der Waals surface area contributed by atoms with E-state index in [2.05, 4.69) is 38.4 Å². The zero-order valence-corrected chi connectivity index (χ0v) is 13.5. The molecule has 1 N–H and O–H groups in total. The molecule has 1 heterocycles. The number of nitrogens with one attached hydrogen (secondary N) is 1. The highest BCUT2D eigenvalue weighted by atomic mass is 35.5. The Hall–Kier alpha value is -0.740. The van der Waals surface area contributed by atoms with Crippen molar-refractivity contribution in [3.63, 3.8) is 0 Å². The summed E-state index contributed by atoms with van der Waals surface area (Å²) in [6, 6.07) is 0. The fraction of sp³-hybridized carbons (Fsp3) is 0.643. The molecule has 108 valence electrons. The standard InChI is InChI=1S/C14H22ClNO2S/c1-9(2)11-8-19-13(12(11)10(3)4)16-14(17)18-7-5-6-15/h8-10H,5-7H2,1-4H3,(H,16,17). The highest BCUT2D eigenvalue weighted by molar-refractivity contribution is 7.14. The molecule has 5 heteroatoms. The molecule has 0 atom stereocenters. The van der Waals surface area contributed by atoms with E-state index in [1.807, 2.05) is 0 Å². The normalized spacial score (nSPS) is 11.1. The first-order valence-corrected chi connectivity index (χ1v) is 7.99. The molecule has 1 aromatic rings. The molecule has 0 bridgehead atoms. The summed E-state index contributed by atoms with van der Waals surface area (Å²) in [5.41, 5.74) is 2.52. The average molecular weight is 304 g/mol. The van der Waals surface area contributed by atoms with Crippen LogP contribution in [0.15, 0.2) is 5.38 Å². The number of hydrogen-bond acceptors (Lipinski definition) is 3. The van der Waals surface area contributed by atoms with E-state index in [1.165, 1.54) is 11.1 Å². The Kier molecular flexibility index (Phi) is 6.66. The summed E-state index contributed by atoms with van der Waals surface area (Å²) in [4.78, 5) is 11.7. The molecule has 0 radical (unpaired) electrons. The maximum atomic E-state index is 11.7. The van der Waals surface area contributed by atoms with Crippen LogP contribution in [0.4, 0.5) is 9.80 Å². The van der Waals surface area contributed by atoms with Gasteiger partial charge in [-0.15, -0.1) is 22.9 Å². The van der Waals surface area contributed by atoms with Crippen molar-refractivity contribution in [3.8, 4) is 0 Å². The summed E-state index contributed by atoms with van der Waals surface area (Å²) in [5.74, 6) is 1.33. The summed E-state index contributed by atoms with van der Waals surface area (Å²) in [6.45, 7) is 8.96. The van der Waals surface area contributed by atoms with Crippen LogP contribution in [0.1, 0.15) is 57.1 Å². The zero-order chi connectivity index (χ0) is 14.4. The van der Waals surface area contributed by atoms with Crippen molar-refractivity contribution in [2.45, 2.75) is 46.0 Å². The van der Waals surface area contributed by atoms with Gasteiger partial charge in [0.05, 0.1) is 6.61 Å². The van der Waals surface area contributed by atoms with Crippen LogP contribution in [0.3, 0.4) is 0 Å². The summed E-state index contributed by atoms with van der Waals surface area (Å²) in [7, 11) is 0. The van der Waals surface area contributed by atoms with E-state index < -0.39 is 6.09 Å². The lowest BCUT2D eigenvalue weighted by atomic mass is 9.94. The molecule has 3 nitrogen and oxygen atoms in total. The molecule has 0 fully saturated rings. The molecule has 1 rings (SSSR count). The van der Waals surface area contributed by atoms with E-state index >= 15 is 0 Å². The first-order valence-electron chi connectivity index (χ1n) is 6.58. The molecule has 0 aliphatic carbocycles. The van der Waals surface area contributed by atoms with Gasteiger partial charge in [-0.1, -0.05) is 27.7 Å². The van der Waals surface area contributed by atoms with E-state index in [0.29, 0.717) is 30.7 Å². The fourth-order valence-electron chi connectivity index (χ4n) is 1.87. The van der Waals surface area contributed by atoms with Gasteiger partial charge in [-0.2, -0.15) is 0 Å². The van der Waals surface area contributed by atoms with Crippen LogP contribution in [0.25, 0.3) is 0 Å². The second-order valence-corrected chi connectivity index (χ2v) is 6.30. The third kappa shape index (κ3) is 4.69. The van der Waals surface area contributed by atoms with Gasteiger partial charge in [0.2, 0.25) is 0 Å². The third-order valence-electron chi connectivity index (χ3n) is 2.79. The topological polar surface area (TPSA) is 38.3 Å². The van der Waals surface area contributed by atoms with Crippen molar-refractivity contribution in [1.29, 1.82) is 0 Å². The Morgan fingerprint density at radius 3 is 2.58 bits per heavy atom. The van der Waals surface area contributed by atoms with Gasteiger partial charge < -0.3 is 4.74 Å². The number of anilines is 1. The first kappa shape index (κ1) is 16.3. The number of carbonyl (C=O) groups is 1. The molecule has 0 aliphatic heterocycles. The number of hydrogen-bond donors (Lipinski definition) is 1. The van der Waals surface area contributed by atoms with Crippen molar-refractivity contribution in [3.05, 3.63) is 16.5 Å². The van der Waals surface area contributed by atoms with E-state index in [1.54, 1.807) is 11.3 Å².